The number of carbonyl (C=O) groups excluding carboxylic acids is 1. The summed E-state index contributed by atoms with van der Waals surface area (Å²) in [6, 6.07) is 12.5. The number of amides is 1. The van der Waals surface area contributed by atoms with Crippen LogP contribution in [0.1, 0.15) is 24.1 Å². The van der Waals surface area contributed by atoms with Crippen molar-refractivity contribution in [1.29, 1.82) is 0 Å². The molecule has 2 aromatic rings. The van der Waals surface area contributed by atoms with Gasteiger partial charge in [-0.3, -0.25) is 4.79 Å². The number of nitrogen functional groups attached to an aromatic ring is 1. The number of nitrogens with one attached hydrogen (secondary N) is 1. The first-order chi connectivity index (χ1) is 9.95. The average Bonchev–Trinajstić information content (AvgIpc) is 2.41. The average molecular weight is 323 g/mol. The minimum Gasteiger partial charge on any atom is -0.399 e. The highest BCUT2D eigenvalue weighted by atomic mass is 35.5. The van der Waals surface area contributed by atoms with Gasteiger partial charge in [0, 0.05) is 5.69 Å². The second-order valence-electron chi connectivity index (χ2n) is 4.88. The van der Waals surface area contributed by atoms with Crippen molar-refractivity contribution < 1.29 is 4.79 Å². The van der Waals surface area contributed by atoms with Crippen molar-refractivity contribution >= 4 is 34.8 Å². The standard InChI is InChI=1S/C16H16Cl2N2O/c1-10(12-5-6-14(17)15(18)9-12)20-16(21)8-11-3-2-4-13(19)7-11/h2-7,9-10H,8,19H2,1H3,(H,20,21). The van der Waals surface area contributed by atoms with Gasteiger partial charge in [-0.05, 0) is 42.3 Å². The van der Waals surface area contributed by atoms with E-state index in [1.165, 1.54) is 0 Å². The van der Waals surface area contributed by atoms with Crippen molar-refractivity contribution in [2.45, 2.75) is 19.4 Å². The van der Waals surface area contributed by atoms with Crippen LogP contribution in [0.4, 0.5) is 5.69 Å². The topological polar surface area (TPSA) is 55.1 Å². The summed E-state index contributed by atoms with van der Waals surface area (Å²) in [5.41, 5.74) is 8.14. The van der Waals surface area contributed by atoms with Crippen molar-refractivity contribution in [1.82, 2.24) is 5.32 Å². The Morgan fingerprint density at radius 1 is 1.19 bits per heavy atom. The maximum atomic E-state index is 12.0. The second kappa shape index (κ2) is 6.83. The van der Waals surface area contributed by atoms with Crippen LogP contribution in [0.5, 0.6) is 0 Å². The molecule has 0 saturated heterocycles. The van der Waals surface area contributed by atoms with E-state index >= 15 is 0 Å². The largest absolute Gasteiger partial charge is 0.399 e. The monoisotopic (exact) mass is 322 g/mol. The molecule has 2 aromatic carbocycles. The molecule has 0 aliphatic carbocycles. The van der Waals surface area contributed by atoms with Crippen LogP contribution in [0.25, 0.3) is 0 Å². The molecule has 0 heterocycles. The smallest absolute Gasteiger partial charge is 0.224 e. The second-order valence-corrected chi connectivity index (χ2v) is 5.70. The fraction of sp³-hybridized carbons (Fsp3) is 0.188. The van der Waals surface area contributed by atoms with E-state index in [1.54, 1.807) is 24.3 Å². The lowest BCUT2D eigenvalue weighted by Crippen LogP contribution is -2.28. The first-order valence-corrected chi connectivity index (χ1v) is 7.30. The van der Waals surface area contributed by atoms with Crippen molar-refractivity contribution in [2.24, 2.45) is 0 Å². The lowest BCUT2D eigenvalue weighted by atomic mass is 10.1. The highest BCUT2D eigenvalue weighted by Crippen LogP contribution is 2.25. The Morgan fingerprint density at radius 3 is 2.62 bits per heavy atom. The quantitative estimate of drug-likeness (QED) is 0.836. The van der Waals surface area contributed by atoms with Crippen molar-refractivity contribution in [3.8, 4) is 0 Å². The maximum Gasteiger partial charge on any atom is 0.224 e. The minimum atomic E-state index is -0.145. The molecule has 0 saturated carbocycles. The molecule has 110 valence electrons. The van der Waals surface area contributed by atoms with Crippen LogP contribution in [0.15, 0.2) is 42.5 Å². The van der Waals surface area contributed by atoms with Crippen molar-refractivity contribution in [3.63, 3.8) is 0 Å². The van der Waals surface area contributed by atoms with Gasteiger partial charge in [-0.2, -0.15) is 0 Å². The summed E-state index contributed by atoms with van der Waals surface area (Å²) >= 11 is 11.9. The van der Waals surface area contributed by atoms with Gasteiger partial charge in [0.15, 0.2) is 0 Å². The van der Waals surface area contributed by atoms with E-state index in [2.05, 4.69) is 5.32 Å². The molecule has 3 nitrogen and oxygen atoms in total. The van der Waals surface area contributed by atoms with Gasteiger partial charge in [0.2, 0.25) is 5.91 Å². The SMILES string of the molecule is CC(NC(=O)Cc1cccc(N)c1)c1ccc(Cl)c(Cl)c1. The fourth-order valence-electron chi connectivity index (χ4n) is 2.05. The van der Waals surface area contributed by atoms with Crippen molar-refractivity contribution in [2.75, 3.05) is 5.73 Å². The van der Waals surface area contributed by atoms with E-state index in [-0.39, 0.29) is 18.4 Å². The number of carbonyl (C=O) groups is 1. The van der Waals surface area contributed by atoms with Crippen LogP contribution < -0.4 is 11.1 Å². The molecule has 0 fully saturated rings. The molecule has 21 heavy (non-hydrogen) atoms. The number of nitrogens with two attached hydrogens (primary N) is 1. The predicted molar refractivity (Wildman–Crippen MR) is 87.6 cm³/mol. The third-order valence-electron chi connectivity index (χ3n) is 3.14. The third-order valence-corrected chi connectivity index (χ3v) is 3.88. The Balaban J connectivity index is 2.00. The summed E-state index contributed by atoms with van der Waals surface area (Å²) in [5, 5.41) is 3.91. The van der Waals surface area contributed by atoms with Crippen LogP contribution in [-0.2, 0) is 11.2 Å². The number of hydrogen-bond acceptors (Lipinski definition) is 2. The Kier molecular flexibility index (Phi) is 5.10. The first kappa shape index (κ1) is 15.7. The Labute approximate surface area is 134 Å². The lowest BCUT2D eigenvalue weighted by molar-refractivity contribution is -0.121. The molecule has 0 aliphatic rings. The number of hydrogen-bond donors (Lipinski definition) is 2. The zero-order valence-corrected chi connectivity index (χ0v) is 13.1. The van der Waals surface area contributed by atoms with E-state index in [0.29, 0.717) is 15.7 Å². The molecule has 3 N–H and O–H groups in total. The van der Waals surface area contributed by atoms with Gasteiger partial charge in [-0.15, -0.1) is 0 Å². The van der Waals surface area contributed by atoms with Crippen LogP contribution >= 0.6 is 23.2 Å². The van der Waals surface area contributed by atoms with E-state index in [0.717, 1.165) is 11.1 Å². The molecule has 5 heteroatoms. The van der Waals surface area contributed by atoms with Crippen molar-refractivity contribution in [3.05, 3.63) is 63.6 Å². The Bertz CT molecular complexity index is 658. The molecule has 0 aromatic heterocycles. The van der Waals surface area contributed by atoms with E-state index in [1.807, 2.05) is 25.1 Å². The zero-order valence-electron chi connectivity index (χ0n) is 11.6. The number of anilines is 1. The Morgan fingerprint density at radius 2 is 1.95 bits per heavy atom. The number of halogens is 2. The van der Waals surface area contributed by atoms with Gasteiger partial charge in [0.1, 0.15) is 0 Å². The first-order valence-electron chi connectivity index (χ1n) is 6.54. The van der Waals surface area contributed by atoms with Gasteiger partial charge in [0.05, 0.1) is 22.5 Å². The molecule has 1 atom stereocenters. The predicted octanol–water partition coefficient (Wildman–Crippen LogP) is 4.00. The number of rotatable bonds is 4. The summed E-state index contributed by atoms with van der Waals surface area (Å²) < 4.78 is 0. The van der Waals surface area contributed by atoms with Crippen LogP contribution in [-0.4, -0.2) is 5.91 Å². The van der Waals surface area contributed by atoms with Gasteiger partial charge in [-0.25, -0.2) is 0 Å². The summed E-state index contributed by atoms with van der Waals surface area (Å²) in [4.78, 5) is 12.0. The van der Waals surface area contributed by atoms with Crippen LogP contribution in [0.2, 0.25) is 10.0 Å². The highest BCUT2D eigenvalue weighted by molar-refractivity contribution is 6.42. The van der Waals surface area contributed by atoms with Gasteiger partial charge < -0.3 is 11.1 Å². The third kappa shape index (κ3) is 4.38. The van der Waals surface area contributed by atoms with Gasteiger partial charge in [0.25, 0.3) is 0 Å². The molecule has 0 aliphatic heterocycles. The highest BCUT2D eigenvalue weighted by Gasteiger charge is 2.11. The maximum absolute atomic E-state index is 12.0. The summed E-state index contributed by atoms with van der Waals surface area (Å²) in [7, 11) is 0. The van der Waals surface area contributed by atoms with Gasteiger partial charge in [-0.1, -0.05) is 41.4 Å². The molecule has 2 rings (SSSR count). The van der Waals surface area contributed by atoms with E-state index < -0.39 is 0 Å². The van der Waals surface area contributed by atoms with E-state index in [4.69, 9.17) is 28.9 Å². The molecule has 0 bridgehead atoms. The minimum absolute atomic E-state index is 0.0702. The fourth-order valence-corrected chi connectivity index (χ4v) is 2.35. The molecular formula is C16H16Cl2N2O. The van der Waals surface area contributed by atoms with Gasteiger partial charge >= 0.3 is 0 Å². The van der Waals surface area contributed by atoms with Crippen LogP contribution in [0.3, 0.4) is 0 Å². The van der Waals surface area contributed by atoms with E-state index in [9.17, 15) is 4.79 Å². The summed E-state index contributed by atoms with van der Waals surface area (Å²) in [5.74, 6) is -0.0702. The summed E-state index contributed by atoms with van der Waals surface area (Å²) in [6.07, 6.45) is 0.288. The molecule has 0 radical (unpaired) electrons. The number of benzene rings is 2. The van der Waals surface area contributed by atoms with Crippen LogP contribution in [0, 0.1) is 0 Å². The molecule has 1 unspecified atom stereocenters. The lowest BCUT2D eigenvalue weighted by Gasteiger charge is -2.15. The Hall–Kier alpha value is -1.71. The normalized spacial score (nSPS) is 12.0. The zero-order chi connectivity index (χ0) is 15.4. The molecule has 1 amide bonds. The molecule has 0 spiro atoms. The molecular weight excluding hydrogens is 307 g/mol. The summed E-state index contributed by atoms with van der Waals surface area (Å²) in [6.45, 7) is 1.90.